The van der Waals surface area contributed by atoms with Crippen LogP contribution in [0.25, 0.3) is 11.0 Å². The Bertz CT molecular complexity index is 518. The van der Waals surface area contributed by atoms with Gasteiger partial charge in [0.25, 0.3) is 0 Å². The largest absolute Gasteiger partial charge is 0.506 e. The summed E-state index contributed by atoms with van der Waals surface area (Å²) in [6, 6.07) is 0. The van der Waals surface area contributed by atoms with Crippen LogP contribution in [-0.2, 0) is 7.05 Å². The minimum absolute atomic E-state index is 0.217. The van der Waals surface area contributed by atoms with Gasteiger partial charge in [-0.3, -0.25) is 4.68 Å². The van der Waals surface area contributed by atoms with Crippen LogP contribution >= 0.6 is 0 Å². The molecule has 0 aliphatic heterocycles. The maximum atomic E-state index is 10.6. The van der Waals surface area contributed by atoms with Crippen LogP contribution in [0.2, 0.25) is 0 Å². The molecule has 14 heavy (non-hydrogen) atoms. The molecule has 0 aliphatic carbocycles. The normalized spacial score (nSPS) is 10.6. The molecule has 72 valence electrons. The number of nitrogens with zero attached hydrogens (tertiary/aromatic N) is 3. The monoisotopic (exact) mass is 193 g/mol. The van der Waals surface area contributed by atoms with Crippen molar-refractivity contribution in [2.45, 2.75) is 0 Å². The predicted octanol–water partition coefficient (Wildman–Crippen LogP) is 0.372. The summed E-state index contributed by atoms with van der Waals surface area (Å²) in [6.45, 7) is 0. The lowest BCUT2D eigenvalue weighted by atomic mass is 10.2. The number of hydrogen-bond acceptors (Lipinski definition) is 4. The van der Waals surface area contributed by atoms with Crippen molar-refractivity contribution in [2.75, 3.05) is 0 Å². The zero-order valence-electron chi connectivity index (χ0n) is 7.30. The van der Waals surface area contributed by atoms with E-state index in [4.69, 9.17) is 5.11 Å². The summed E-state index contributed by atoms with van der Waals surface area (Å²) in [7, 11) is 1.67. The molecule has 0 aliphatic rings. The quantitative estimate of drug-likeness (QED) is 0.683. The molecular formula is C8H7N3O3. The van der Waals surface area contributed by atoms with E-state index in [1.807, 2.05) is 0 Å². The van der Waals surface area contributed by atoms with Crippen LogP contribution in [0, 0.1) is 0 Å². The number of aromatic hydroxyl groups is 1. The Morgan fingerprint density at radius 2 is 2.29 bits per heavy atom. The molecule has 0 saturated carbocycles. The fourth-order valence-electron chi connectivity index (χ4n) is 1.23. The Kier molecular flexibility index (Phi) is 1.63. The van der Waals surface area contributed by atoms with Crippen LogP contribution in [0.15, 0.2) is 12.4 Å². The second kappa shape index (κ2) is 2.69. The molecule has 0 aromatic carbocycles. The Morgan fingerprint density at radius 3 is 2.93 bits per heavy atom. The molecule has 2 aromatic rings. The van der Waals surface area contributed by atoms with E-state index in [1.54, 1.807) is 7.05 Å². The Balaban J connectivity index is 2.80. The van der Waals surface area contributed by atoms with Crippen molar-refractivity contribution in [1.82, 2.24) is 14.8 Å². The van der Waals surface area contributed by atoms with Crippen molar-refractivity contribution < 1.29 is 15.0 Å². The maximum absolute atomic E-state index is 10.6. The van der Waals surface area contributed by atoms with E-state index in [1.165, 1.54) is 10.9 Å². The van der Waals surface area contributed by atoms with Crippen LogP contribution in [0.4, 0.5) is 0 Å². The van der Waals surface area contributed by atoms with E-state index in [0.717, 1.165) is 6.20 Å². The number of fused-ring (bicyclic) bond motifs is 1. The zero-order valence-corrected chi connectivity index (χ0v) is 7.30. The Morgan fingerprint density at radius 1 is 1.57 bits per heavy atom. The lowest BCUT2D eigenvalue weighted by molar-refractivity contribution is 0.0693. The number of carbonyl (C=O) groups is 1. The van der Waals surface area contributed by atoms with Crippen molar-refractivity contribution in [2.24, 2.45) is 7.05 Å². The number of aryl methyl sites for hydroxylation is 1. The van der Waals surface area contributed by atoms with Gasteiger partial charge in [-0.25, -0.2) is 9.78 Å². The average Bonchev–Trinajstić information content (AvgIpc) is 2.46. The van der Waals surface area contributed by atoms with Gasteiger partial charge in [0.1, 0.15) is 11.3 Å². The van der Waals surface area contributed by atoms with Gasteiger partial charge in [-0.15, -0.1) is 0 Å². The van der Waals surface area contributed by atoms with Gasteiger partial charge in [-0.2, -0.15) is 5.10 Å². The summed E-state index contributed by atoms with van der Waals surface area (Å²) in [5.41, 5.74) is 0.112. The third-order valence-corrected chi connectivity index (χ3v) is 1.87. The molecule has 0 unspecified atom stereocenters. The standard InChI is InChI=1S/C8H7N3O3/c1-11-3-5-6(12)4(8(13)14)2-9-7(5)10-11/h2-3,12H,1H3,(H,13,14). The number of rotatable bonds is 1. The number of carboxylic acid groups (broad SMARTS) is 1. The molecule has 0 spiro atoms. The fraction of sp³-hybridized carbons (Fsp3) is 0.125. The second-order valence-electron chi connectivity index (χ2n) is 2.87. The number of pyridine rings is 1. The molecule has 6 nitrogen and oxygen atoms in total. The van der Waals surface area contributed by atoms with E-state index < -0.39 is 5.97 Å². The fourth-order valence-corrected chi connectivity index (χ4v) is 1.23. The Labute approximate surface area is 78.4 Å². The molecule has 2 rings (SSSR count). The lowest BCUT2D eigenvalue weighted by Gasteiger charge is -1.97. The highest BCUT2D eigenvalue weighted by Gasteiger charge is 2.15. The zero-order chi connectivity index (χ0) is 10.3. The van der Waals surface area contributed by atoms with Gasteiger partial charge in [0.05, 0.1) is 5.39 Å². The average molecular weight is 193 g/mol. The van der Waals surface area contributed by atoms with Gasteiger partial charge in [0, 0.05) is 19.4 Å². The minimum Gasteiger partial charge on any atom is -0.506 e. The third kappa shape index (κ3) is 1.08. The van der Waals surface area contributed by atoms with Crippen molar-refractivity contribution in [3.63, 3.8) is 0 Å². The molecule has 0 fully saturated rings. The summed E-state index contributed by atoms with van der Waals surface area (Å²) in [5.74, 6) is -1.50. The Hall–Kier alpha value is -2.11. The maximum Gasteiger partial charge on any atom is 0.341 e. The van der Waals surface area contributed by atoms with Gasteiger partial charge in [0.15, 0.2) is 5.65 Å². The van der Waals surface area contributed by atoms with Crippen molar-refractivity contribution >= 4 is 17.0 Å². The first-order valence-electron chi connectivity index (χ1n) is 3.84. The third-order valence-electron chi connectivity index (χ3n) is 1.87. The summed E-state index contributed by atoms with van der Waals surface area (Å²) in [6.07, 6.45) is 2.61. The van der Waals surface area contributed by atoms with Crippen LogP contribution in [-0.4, -0.2) is 30.9 Å². The van der Waals surface area contributed by atoms with Crippen LogP contribution in [0.3, 0.4) is 0 Å². The second-order valence-corrected chi connectivity index (χ2v) is 2.87. The highest BCUT2D eigenvalue weighted by atomic mass is 16.4. The first-order chi connectivity index (χ1) is 6.59. The SMILES string of the molecule is Cn1cc2c(O)c(C(=O)O)cnc2n1. The van der Waals surface area contributed by atoms with Gasteiger partial charge >= 0.3 is 5.97 Å². The van der Waals surface area contributed by atoms with Crippen LogP contribution in [0.5, 0.6) is 5.75 Å². The van der Waals surface area contributed by atoms with Gasteiger partial charge in [-0.1, -0.05) is 0 Å². The smallest absolute Gasteiger partial charge is 0.341 e. The van der Waals surface area contributed by atoms with Crippen molar-refractivity contribution in [3.8, 4) is 5.75 Å². The molecule has 6 heteroatoms. The van der Waals surface area contributed by atoms with Gasteiger partial charge < -0.3 is 10.2 Å². The number of carboxylic acids is 1. The number of aromatic nitrogens is 3. The molecule has 0 amide bonds. The molecule has 0 radical (unpaired) electrons. The summed E-state index contributed by atoms with van der Waals surface area (Å²) in [5, 5.41) is 22.5. The van der Waals surface area contributed by atoms with Crippen LogP contribution < -0.4 is 0 Å². The van der Waals surface area contributed by atoms with Crippen molar-refractivity contribution in [1.29, 1.82) is 0 Å². The molecule has 0 atom stereocenters. The number of hydrogen-bond donors (Lipinski definition) is 2. The molecule has 2 N–H and O–H groups in total. The highest BCUT2D eigenvalue weighted by molar-refractivity contribution is 5.97. The summed E-state index contributed by atoms with van der Waals surface area (Å²) in [4.78, 5) is 14.5. The molecular weight excluding hydrogens is 186 g/mol. The molecule has 0 bridgehead atoms. The molecule has 0 saturated heterocycles. The number of aromatic carboxylic acids is 1. The first-order valence-corrected chi connectivity index (χ1v) is 3.84. The first kappa shape index (κ1) is 8.49. The summed E-state index contributed by atoms with van der Waals surface area (Å²) >= 11 is 0. The highest BCUT2D eigenvalue weighted by Crippen LogP contribution is 2.25. The minimum atomic E-state index is -1.21. The predicted molar refractivity (Wildman–Crippen MR) is 47.1 cm³/mol. The van der Waals surface area contributed by atoms with Gasteiger partial charge in [-0.05, 0) is 0 Å². The molecule has 2 aromatic heterocycles. The topological polar surface area (TPSA) is 88.2 Å². The van der Waals surface area contributed by atoms with E-state index in [9.17, 15) is 9.90 Å². The van der Waals surface area contributed by atoms with Gasteiger partial charge in [0.2, 0.25) is 0 Å². The molecule has 2 heterocycles. The van der Waals surface area contributed by atoms with Crippen LogP contribution in [0.1, 0.15) is 10.4 Å². The van der Waals surface area contributed by atoms with E-state index in [2.05, 4.69) is 10.1 Å². The summed E-state index contributed by atoms with van der Waals surface area (Å²) < 4.78 is 1.46. The lowest BCUT2D eigenvalue weighted by Crippen LogP contribution is -1.97. The van der Waals surface area contributed by atoms with E-state index >= 15 is 0 Å². The van der Waals surface area contributed by atoms with E-state index in [-0.39, 0.29) is 11.3 Å². The van der Waals surface area contributed by atoms with Crippen molar-refractivity contribution in [3.05, 3.63) is 18.0 Å². The van der Waals surface area contributed by atoms with E-state index in [0.29, 0.717) is 11.0 Å².